The molecule has 0 saturated heterocycles. The van der Waals surface area contributed by atoms with Crippen LogP contribution < -0.4 is 5.32 Å². The highest BCUT2D eigenvalue weighted by molar-refractivity contribution is 5.92. The third-order valence-corrected chi connectivity index (χ3v) is 5.17. The average molecular weight is 268 g/mol. The number of phenols is 1. The summed E-state index contributed by atoms with van der Waals surface area (Å²) in [6.45, 7) is 1.02. The van der Waals surface area contributed by atoms with Crippen LogP contribution in [0.4, 0.5) is 5.82 Å². The minimum Gasteiger partial charge on any atom is -0.508 e. The molecular formula is C17H20N2O. The molecule has 4 rings (SSSR count). The van der Waals surface area contributed by atoms with Gasteiger partial charge in [0, 0.05) is 18.1 Å². The number of hydrogen-bond acceptors (Lipinski definition) is 3. The Morgan fingerprint density at radius 1 is 1.20 bits per heavy atom. The highest BCUT2D eigenvalue weighted by Gasteiger charge is 2.39. The van der Waals surface area contributed by atoms with Crippen LogP contribution >= 0.6 is 0 Å². The Balaban J connectivity index is 1.55. The number of aromatic hydroxyl groups is 1. The van der Waals surface area contributed by atoms with Gasteiger partial charge in [-0.2, -0.15) is 0 Å². The van der Waals surface area contributed by atoms with Crippen molar-refractivity contribution >= 4 is 16.6 Å². The fraction of sp³-hybridized carbons (Fsp3) is 0.471. The Morgan fingerprint density at radius 3 is 2.95 bits per heavy atom. The van der Waals surface area contributed by atoms with Gasteiger partial charge in [0.15, 0.2) is 0 Å². The van der Waals surface area contributed by atoms with Crippen LogP contribution in [0.25, 0.3) is 10.8 Å². The van der Waals surface area contributed by atoms with Crippen molar-refractivity contribution in [3.8, 4) is 5.75 Å². The number of phenolic OH excluding ortho intramolecular Hbond substituents is 1. The summed E-state index contributed by atoms with van der Waals surface area (Å²) in [4.78, 5) is 4.45. The normalized spacial score (nSPS) is 28.1. The van der Waals surface area contributed by atoms with Crippen LogP contribution in [0.1, 0.15) is 25.7 Å². The van der Waals surface area contributed by atoms with E-state index in [1.807, 2.05) is 18.3 Å². The lowest BCUT2D eigenvalue weighted by molar-refractivity contribution is 0.348. The summed E-state index contributed by atoms with van der Waals surface area (Å²) in [5, 5.41) is 15.3. The molecule has 2 bridgehead atoms. The molecule has 3 nitrogen and oxygen atoms in total. The van der Waals surface area contributed by atoms with Crippen molar-refractivity contribution in [2.75, 3.05) is 11.9 Å². The molecule has 2 aliphatic rings. The summed E-state index contributed by atoms with van der Waals surface area (Å²) in [6.07, 6.45) is 7.52. The molecule has 2 N–H and O–H groups in total. The quantitative estimate of drug-likeness (QED) is 0.890. The van der Waals surface area contributed by atoms with Crippen molar-refractivity contribution in [3.05, 3.63) is 30.5 Å². The van der Waals surface area contributed by atoms with Gasteiger partial charge >= 0.3 is 0 Å². The summed E-state index contributed by atoms with van der Waals surface area (Å²) in [5.74, 6) is 3.92. The van der Waals surface area contributed by atoms with Crippen molar-refractivity contribution in [1.82, 2.24) is 4.98 Å². The number of nitrogens with one attached hydrogen (secondary N) is 1. The minimum absolute atomic E-state index is 0.300. The lowest BCUT2D eigenvalue weighted by Crippen LogP contribution is -2.20. The average Bonchev–Trinajstić information content (AvgIpc) is 3.07. The topological polar surface area (TPSA) is 45.2 Å². The molecule has 1 aromatic heterocycles. The van der Waals surface area contributed by atoms with E-state index in [1.54, 1.807) is 12.1 Å². The molecule has 2 saturated carbocycles. The van der Waals surface area contributed by atoms with Crippen LogP contribution in [0, 0.1) is 17.8 Å². The molecule has 0 radical (unpaired) electrons. The summed E-state index contributed by atoms with van der Waals surface area (Å²) in [5.41, 5.74) is 0. The molecule has 3 unspecified atom stereocenters. The molecule has 2 aliphatic carbocycles. The molecule has 3 heteroatoms. The predicted molar refractivity (Wildman–Crippen MR) is 80.8 cm³/mol. The zero-order chi connectivity index (χ0) is 13.5. The maximum Gasteiger partial charge on any atom is 0.133 e. The zero-order valence-corrected chi connectivity index (χ0v) is 11.5. The maximum atomic E-state index is 9.66. The van der Waals surface area contributed by atoms with Crippen LogP contribution in [-0.2, 0) is 0 Å². The van der Waals surface area contributed by atoms with Gasteiger partial charge in [-0.15, -0.1) is 0 Å². The van der Waals surface area contributed by atoms with E-state index in [0.717, 1.165) is 40.9 Å². The number of benzene rings is 1. The van der Waals surface area contributed by atoms with Gasteiger partial charge in [-0.25, -0.2) is 4.98 Å². The van der Waals surface area contributed by atoms with Gasteiger partial charge in [-0.1, -0.05) is 12.5 Å². The Labute approximate surface area is 119 Å². The molecule has 0 amide bonds. The SMILES string of the molecule is Oc1ccc2ccnc(NCC3CC4CCC3C4)c2c1. The molecule has 0 aliphatic heterocycles. The molecule has 1 heterocycles. The largest absolute Gasteiger partial charge is 0.508 e. The monoisotopic (exact) mass is 268 g/mol. The molecule has 2 aromatic rings. The maximum absolute atomic E-state index is 9.66. The second-order valence-electron chi connectivity index (χ2n) is 6.38. The second-order valence-corrected chi connectivity index (χ2v) is 6.38. The Morgan fingerprint density at radius 2 is 2.15 bits per heavy atom. The van der Waals surface area contributed by atoms with Gasteiger partial charge in [-0.3, -0.25) is 0 Å². The smallest absolute Gasteiger partial charge is 0.133 e. The van der Waals surface area contributed by atoms with Gasteiger partial charge in [0.25, 0.3) is 0 Å². The van der Waals surface area contributed by atoms with Crippen molar-refractivity contribution in [2.24, 2.45) is 17.8 Å². The minimum atomic E-state index is 0.300. The third kappa shape index (κ3) is 2.01. The first kappa shape index (κ1) is 12.0. The van der Waals surface area contributed by atoms with Gasteiger partial charge < -0.3 is 10.4 Å². The van der Waals surface area contributed by atoms with E-state index < -0.39 is 0 Å². The number of rotatable bonds is 3. The first-order valence-electron chi connectivity index (χ1n) is 7.61. The van der Waals surface area contributed by atoms with E-state index in [4.69, 9.17) is 0 Å². The van der Waals surface area contributed by atoms with E-state index >= 15 is 0 Å². The van der Waals surface area contributed by atoms with E-state index in [1.165, 1.54) is 25.7 Å². The molecule has 1 aromatic carbocycles. The summed E-state index contributed by atoms with van der Waals surface area (Å²) in [7, 11) is 0. The standard InChI is InChI=1S/C17H20N2O/c20-15-4-3-12-5-6-18-17(16(12)9-15)19-10-14-8-11-1-2-13(14)7-11/h3-6,9,11,13-14,20H,1-2,7-8,10H2,(H,18,19). The van der Waals surface area contributed by atoms with Crippen molar-refractivity contribution in [2.45, 2.75) is 25.7 Å². The van der Waals surface area contributed by atoms with Crippen LogP contribution in [0.15, 0.2) is 30.5 Å². The summed E-state index contributed by atoms with van der Waals surface area (Å²) in [6, 6.07) is 7.44. The van der Waals surface area contributed by atoms with Gasteiger partial charge in [0.05, 0.1) is 0 Å². The first-order chi connectivity index (χ1) is 9.79. The number of fused-ring (bicyclic) bond motifs is 3. The highest BCUT2D eigenvalue weighted by atomic mass is 16.3. The number of hydrogen-bond donors (Lipinski definition) is 2. The molecule has 104 valence electrons. The van der Waals surface area contributed by atoms with E-state index in [-0.39, 0.29) is 0 Å². The van der Waals surface area contributed by atoms with Gasteiger partial charge in [-0.05, 0) is 60.6 Å². The third-order valence-electron chi connectivity index (χ3n) is 5.17. The van der Waals surface area contributed by atoms with E-state index in [0.29, 0.717) is 5.75 Å². The molecule has 20 heavy (non-hydrogen) atoms. The molecular weight excluding hydrogens is 248 g/mol. The van der Waals surface area contributed by atoms with E-state index in [2.05, 4.69) is 10.3 Å². The first-order valence-corrected chi connectivity index (χ1v) is 7.61. The lowest BCUT2D eigenvalue weighted by atomic mass is 9.89. The molecule has 3 atom stereocenters. The van der Waals surface area contributed by atoms with Crippen LogP contribution in [0.5, 0.6) is 5.75 Å². The fourth-order valence-corrected chi connectivity index (χ4v) is 4.15. The van der Waals surface area contributed by atoms with Crippen molar-refractivity contribution < 1.29 is 5.11 Å². The van der Waals surface area contributed by atoms with Crippen LogP contribution in [0.3, 0.4) is 0 Å². The molecule has 2 fully saturated rings. The highest BCUT2D eigenvalue weighted by Crippen LogP contribution is 2.48. The number of nitrogens with zero attached hydrogens (tertiary/aromatic N) is 1. The van der Waals surface area contributed by atoms with Crippen molar-refractivity contribution in [1.29, 1.82) is 0 Å². The number of aromatic nitrogens is 1. The second kappa shape index (κ2) is 4.65. The fourth-order valence-electron chi connectivity index (χ4n) is 4.15. The Kier molecular flexibility index (Phi) is 2.79. The Bertz CT molecular complexity index is 640. The van der Waals surface area contributed by atoms with Crippen LogP contribution in [-0.4, -0.2) is 16.6 Å². The van der Waals surface area contributed by atoms with Gasteiger partial charge in [0.2, 0.25) is 0 Å². The van der Waals surface area contributed by atoms with Gasteiger partial charge in [0.1, 0.15) is 11.6 Å². The lowest BCUT2D eigenvalue weighted by Gasteiger charge is -2.22. The summed E-state index contributed by atoms with van der Waals surface area (Å²) >= 11 is 0. The Hall–Kier alpha value is -1.77. The zero-order valence-electron chi connectivity index (χ0n) is 11.5. The van der Waals surface area contributed by atoms with E-state index in [9.17, 15) is 5.11 Å². The molecule has 0 spiro atoms. The predicted octanol–water partition coefficient (Wildman–Crippen LogP) is 3.79. The number of pyridine rings is 1. The van der Waals surface area contributed by atoms with Crippen LogP contribution in [0.2, 0.25) is 0 Å². The number of anilines is 1. The summed E-state index contributed by atoms with van der Waals surface area (Å²) < 4.78 is 0. The van der Waals surface area contributed by atoms with Crippen molar-refractivity contribution in [3.63, 3.8) is 0 Å².